The largest absolute Gasteiger partial charge is 0.304 e. The maximum absolute atomic E-state index is 5.85. The van der Waals surface area contributed by atoms with Gasteiger partial charge in [-0.1, -0.05) is 53.0 Å². The van der Waals surface area contributed by atoms with Crippen LogP contribution in [-0.2, 0) is 6.54 Å². The molecule has 2 aromatic carbocycles. The van der Waals surface area contributed by atoms with E-state index in [1.807, 2.05) is 43.3 Å². The Labute approximate surface area is 149 Å². The second-order valence-corrected chi connectivity index (χ2v) is 6.87. The highest BCUT2D eigenvalue weighted by atomic mass is 35.5. The fourth-order valence-corrected chi connectivity index (χ4v) is 2.64. The number of rotatable bonds is 2. The van der Waals surface area contributed by atoms with Crippen LogP contribution in [0.4, 0.5) is 0 Å². The molecule has 1 aliphatic heterocycles. The van der Waals surface area contributed by atoms with Crippen molar-refractivity contribution in [1.29, 1.82) is 0 Å². The highest BCUT2D eigenvalue weighted by Crippen LogP contribution is 2.12. The summed E-state index contributed by atoms with van der Waals surface area (Å²) in [6.07, 6.45) is 0. The van der Waals surface area contributed by atoms with Crippen LogP contribution in [0.1, 0.15) is 11.1 Å². The summed E-state index contributed by atoms with van der Waals surface area (Å²) in [5.41, 5.74) is 2.60. The molecule has 3 rings (SSSR count). The molecule has 0 N–H and O–H groups in total. The number of aryl methyl sites for hydroxylation is 1. The molecule has 1 fully saturated rings. The number of benzene rings is 2. The Morgan fingerprint density at radius 3 is 1.74 bits per heavy atom. The Morgan fingerprint density at radius 2 is 1.26 bits per heavy atom. The summed E-state index contributed by atoms with van der Waals surface area (Å²) in [6, 6.07) is 15.9. The predicted octanol–water partition coefficient (Wildman–Crippen LogP) is 4.74. The zero-order valence-corrected chi connectivity index (χ0v) is 15.3. The third kappa shape index (κ3) is 6.92. The van der Waals surface area contributed by atoms with Gasteiger partial charge in [0.15, 0.2) is 0 Å². The number of halogens is 2. The molecular formula is C19H24Cl2N2. The van der Waals surface area contributed by atoms with Crippen LogP contribution in [0.2, 0.25) is 10.0 Å². The van der Waals surface area contributed by atoms with Gasteiger partial charge in [0.2, 0.25) is 0 Å². The minimum absolute atomic E-state index is 0.801. The van der Waals surface area contributed by atoms with Crippen molar-refractivity contribution in [3.05, 3.63) is 69.7 Å². The first-order chi connectivity index (χ1) is 11.0. The molecule has 0 amide bonds. The van der Waals surface area contributed by atoms with Crippen LogP contribution in [0.3, 0.4) is 0 Å². The van der Waals surface area contributed by atoms with Gasteiger partial charge in [-0.15, -0.1) is 0 Å². The minimum atomic E-state index is 0.801. The molecule has 0 aromatic heterocycles. The van der Waals surface area contributed by atoms with Crippen LogP contribution < -0.4 is 0 Å². The summed E-state index contributed by atoms with van der Waals surface area (Å²) in [7, 11) is 2.18. The molecule has 23 heavy (non-hydrogen) atoms. The van der Waals surface area contributed by atoms with E-state index in [1.54, 1.807) is 0 Å². The molecule has 0 spiro atoms. The molecule has 1 saturated heterocycles. The van der Waals surface area contributed by atoms with E-state index >= 15 is 0 Å². The number of piperazine rings is 1. The topological polar surface area (TPSA) is 6.48 Å². The fourth-order valence-electron chi connectivity index (χ4n) is 2.39. The average molecular weight is 351 g/mol. The molecule has 124 valence electrons. The summed E-state index contributed by atoms with van der Waals surface area (Å²) in [4.78, 5) is 4.86. The lowest BCUT2D eigenvalue weighted by atomic mass is 10.2. The van der Waals surface area contributed by atoms with E-state index in [9.17, 15) is 0 Å². The molecule has 0 aliphatic carbocycles. The predicted molar refractivity (Wildman–Crippen MR) is 100 cm³/mol. The number of nitrogens with zero attached hydrogens (tertiary/aromatic N) is 2. The molecule has 0 bridgehead atoms. The fraction of sp³-hybridized carbons (Fsp3) is 0.368. The third-order valence-corrected chi connectivity index (χ3v) is 4.43. The first-order valence-electron chi connectivity index (χ1n) is 7.90. The summed E-state index contributed by atoms with van der Waals surface area (Å²) in [6.45, 7) is 7.76. The van der Waals surface area contributed by atoms with E-state index in [0.29, 0.717) is 0 Å². The molecule has 0 atom stereocenters. The maximum atomic E-state index is 5.85. The van der Waals surface area contributed by atoms with Crippen LogP contribution in [0.15, 0.2) is 48.5 Å². The normalized spacial score (nSPS) is 15.8. The van der Waals surface area contributed by atoms with E-state index in [2.05, 4.69) is 29.0 Å². The lowest BCUT2D eigenvalue weighted by molar-refractivity contribution is 0.148. The standard InChI is InChI=1S/C12H17ClN2.C7H7Cl/c1-14-6-8-15(9-7-14)10-11-2-4-12(13)5-3-11;1-6-2-4-7(8)5-3-6/h2-5H,6-10H2,1H3;2-5H,1H3. The van der Waals surface area contributed by atoms with Crippen LogP contribution in [0, 0.1) is 6.92 Å². The number of hydrogen-bond donors (Lipinski definition) is 0. The molecule has 1 heterocycles. The summed E-state index contributed by atoms with van der Waals surface area (Å²) in [5.74, 6) is 0. The molecule has 1 aliphatic rings. The lowest BCUT2D eigenvalue weighted by Crippen LogP contribution is -2.43. The Bertz CT molecular complexity index is 552. The molecule has 0 saturated carbocycles. The second kappa shape index (κ2) is 9.29. The number of likely N-dealkylation sites (N-methyl/N-ethyl adjacent to an activating group) is 1. The Kier molecular flexibility index (Phi) is 7.38. The van der Waals surface area contributed by atoms with Crippen LogP contribution in [0.5, 0.6) is 0 Å². The van der Waals surface area contributed by atoms with E-state index in [-0.39, 0.29) is 0 Å². The van der Waals surface area contributed by atoms with Gasteiger partial charge in [0.1, 0.15) is 0 Å². The van der Waals surface area contributed by atoms with E-state index in [0.717, 1.165) is 16.6 Å². The van der Waals surface area contributed by atoms with Gasteiger partial charge in [0.05, 0.1) is 0 Å². The zero-order valence-electron chi connectivity index (χ0n) is 13.8. The molecule has 0 radical (unpaired) electrons. The van der Waals surface area contributed by atoms with Crippen molar-refractivity contribution in [1.82, 2.24) is 9.80 Å². The van der Waals surface area contributed by atoms with Crippen molar-refractivity contribution in [3.63, 3.8) is 0 Å². The average Bonchev–Trinajstić information content (AvgIpc) is 2.55. The van der Waals surface area contributed by atoms with E-state index < -0.39 is 0 Å². The quantitative estimate of drug-likeness (QED) is 0.771. The van der Waals surface area contributed by atoms with Gasteiger partial charge in [-0.3, -0.25) is 4.90 Å². The van der Waals surface area contributed by atoms with Gasteiger partial charge in [-0.2, -0.15) is 0 Å². The molecule has 2 aromatic rings. The van der Waals surface area contributed by atoms with Gasteiger partial charge in [-0.05, 0) is 43.8 Å². The van der Waals surface area contributed by atoms with Gasteiger partial charge in [0.25, 0.3) is 0 Å². The van der Waals surface area contributed by atoms with Crippen molar-refractivity contribution in [2.75, 3.05) is 33.2 Å². The van der Waals surface area contributed by atoms with Crippen LogP contribution >= 0.6 is 23.2 Å². The highest BCUT2D eigenvalue weighted by Gasteiger charge is 2.13. The van der Waals surface area contributed by atoms with Crippen molar-refractivity contribution in [2.24, 2.45) is 0 Å². The SMILES string of the molecule is CN1CCN(Cc2ccc(Cl)cc2)CC1.Cc1ccc(Cl)cc1. The summed E-state index contributed by atoms with van der Waals surface area (Å²) in [5, 5.41) is 1.62. The van der Waals surface area contributed by atoms with Crippen molar-refractivity contribution < 1.29 is 0 Å². The maximum Gasteiger partial charge on any atom is 0.0406 e. The number of hydrogen-bond acceptors (Lipinski definition) is 2. The van der Waals surface area contributed by atoms with Gasteiger partial charge >= 0.3 is 0 Å². The van der Waals surface area contributed by atoms with Crippen molar-refractivity contribution in [2.45, 2.75) is 13.5 Å². The molecular weight excluding hydrogens is 327 g/mol. The van der Waals surface area contributed by atoms with Crippen LogP contribution in [-0.4, -0.2) is 43.0 Å². The first kappa shape index (κ1) is 18.3. The molecule has 0 unspecified atom stereocenters. The summed E-state index contributed by atoms with van der Waals surface area (Å²) >= 11 is 11.5. The Morgan fingerprint density at radius 1 is 0.783 bits per heavy atom. The third-order valence-electron chi connectivity index (χ3n) is 3.93. The Hall–Kier alpha value is -1.06. The van der Waals surface area contributed by atoms with Gasteiger partial charge < -0.3 is 4.90 Å². The first-order valence-corrected chi connectivity index (χ1v) is 8.66. The molecule has 2 nitrogen and oxygen atoms in total. The Balaban J connectivity index is 0.000000203. The minimum Gasteiger partial charge on any atom is -0.304 e. The molecule has 4 heteroatoms. The monoisotopic (exact) mass is 350 g/mol. The smallest absolute Gasteiger partial charge is 0.0406 e. The second-order valence-electron chi connectivity index (χ2n) is 6.00. The van der Waals surface area contributed by atoms with Gasteiger partial charge in [-0.25, -0.2) is 0 Å². The lowest BCUT2D eigenvalue weighted by Gasteiger charge is -2.32. The van der Waals surface area contributed by atoms with E-state index in [1.165, 1.54) is 37.3 Å². The van der Waals surface area contributed by atoms with E-state index in [4.69, 9.17) is 23.2 Å². The van der Waals surface area contributed by atoms with Crippen molar-refractivity contribution in [3.8, 4) is 0 Å². The highest BCUT2D eigenvalue weighted by molar-refractivity contribution is 6.30. The van der Waals surface area contributed by atoms with Gasteiger partial charge in [0, 0.05) is 42.8 Å². The van der Waals surface area contributed by atoms with Crippen LogP contribution in [0.25, 0.3) is 0 Å². The van der Waals surface area contributed by atoms with Crippen molar-refractivity contribution >= 4 is 23.2 Å². The summed E-state index contributed by atoms with van der Waals surface area (Å²) < 4.78 is 0. The zero-order chi connectivity index (χ0) is 16.7.